The van der Waals surface area contributed by atoms with Gasteiger partial charge in [-0.15, -0.1) is 11.6 Å². The zero-order valence-corrected chi connectivity index (χ0v) is 24.4. The van der Waals surface area contributed by atoms with Gasteiger partial charge >= 0.3 is 22.3 Å². The maximum Gasteiger partial charge on any atom is 0.362 e. The number of aromatic hydroxyl groups is 1. The van der Waals surface area contributed by atoms with Crippen molar-refractivity contribution in [3.05, 3.63) is 28.2 Å². The number of nitrogens with two attached hydrogens (primary N) is 1. The molecular formula is C20H25ClN8O12S2. The molecule has 2 aliphatic heterocycles. The molecule has 4 amide bonds. The van der Waals surface area contributed by atoms with E-state index >= 15 is 0 Å². The molecule has 1 fully saturated rings. The molecular weight excluding hydrogens is 644 g/mol. The molecule has 0 saturated carbocycles. The first kappa shape index (κ1) is 33.2. The van der Waals surface area contributed by atoms with Crippen LogP contribution in [0.15, 0.2) is 27.2 Å². The van der Waals surface area contributed by atoms with E-state index in [4.69, 9.17) is 22.2 Å². The first-order valence-electron chi connectivity index (χ1n) is 11.7. The number of hydrogen-bond donors (Lipinski definition) is 8. The normalized spacial score (nSPS) is 22.3. The standard InChI is InChI=1S/C20H25ClN8O12S2/c1-20(2,17(34)35)41-27-13(12-14(21)42-18(22)26-12)15(32)25-11-8(29(16(11)33)43(38,39)40)5-24-19(36)23-4-7-3-9(30)10(31)6-28(7)37/h3,6,8,11-12,14,31,37H,4-5H2,1-2H3,(H2,22,26)(H,25,32)(H,34,35)(H2,23,24,36)(H,38,39,40)/b27-13-/t8-,11+,12?,14?/m1/s1. The monoisotopic (exact) mass is 668 g/mol. The van der Waals surface area contributed by atoms with Gasteiger partial charge in [-0.25, -0.2) is 13.9 Å². The number of urea groups is 1. The molecule has 2 aliphatic rings. The summed E-state index contributed by atoms with van der Waals surface area (Å²) >= 11 is 7.03. The molecule has 0 bridgehead atoms. The number of aliphatic imine (C=N–C) groups is 1. The highest BCUT2D eigenvalue weighted by Gasteiger charge is 2.54. The first-order chi connectivity index (χ1) is 19.8. The lowest BCUT2D eigenvalue weighted by Crippen LogP contribution is -2.75. The number of hydrogen-bond acceptors (Lipinski definition) is 14. The Balaban J connectivity index is 1.77. The third-order valence-corrected chi connectivity index (χ3v) is 8.13. The topological polar surface area (TPSA) is 305 Å². The Bertz CT molecular complexity index is 1560. The second-order valence-electron chi connectivity index (χ2n) is 9.32. The van der Waals surface area contributed by atoms with E-state index in [-0.39, 0.29) is 15.2 Å². The van der Waals surface area contributed by atoms with Crippen LogP contribution in [0.4, 0.5) is 4.79 Å². The fourth-order valence-corrected chi connectivity index (χ4v) is 5.57. The van der Waals surface area contributed by atoms with E-state index in [2.05, 4.69) is 26.1 Å². The minimum Gasteiger partial charge on any atom is -0.503 e. The Kier molecular flexibility index (Phi) is 9.68. The average Bonchev–Trinajstić information content (AvgIpc) is 3.22. The minimum absolute atomic E-state index is 0.00361. The molecule has 9 N–H and O–H groups in total. The molecule has 1 aromatic heterocycles. The van der Waals surface area contributed by atoms with Gasteiger partial charge in [0.15, 0.2) is 16.6 Å². The Hall–Kier alpha value is -4.28. The number of alkyl halides is 1. The third-order valence-electron chi connectivity index (χ3n) is 5.84. The summed E-state index contributed by atoms with van der Waals surface area (Å²) in [6.45, 7) is 1.14. The molecule has 0 aromatic carbocycles. The molecule has 3 rings (SSSR count). The number of thioether (sulfide) groups is 1. The van der Waals surface area contributed by atoms with E-state index < -0.39 is 92.5 Å². The number of nitrogens with zero attached hydrogens (tertiary/aromatic N) is 4. The number of aromatic nitrogens is 1. The molecule has 43 heavy (non-hydrogen) atoms. The third kappa shape index (κ3) is 7.57. The van der Waals surface area contributed by atoms with Crippen molar-refractivity contribution in [3.63, 3.8) is 0 Å². The van der Waals surface area contributed by atoms with Crippen LogP contribution in [-0.2, 0) is 36.1 Å². The molecule has 2 unspecified atom stereocenters. The zero-order chi connectivity index (χ0) is 32.4. The van der Waals surface area contributed by atoms with Crippen molar-refractivity contribution >= 4 is 68.4 Å². The molecule has 20 nitrogen and oxygen atoms in total. The summed E-state index contributed by atoms with van der Waals surface area (Å²) in [5.41, 5.74) is 2.12. The van der Waals surface area contributed by atoms with Crippen LogP contribution in [0.2, 0.25) is 0 Å². The summed E-state index contributed by atoms with van der Waals surface area (Å²) in [5, 5.41) is 38.5. The summed E-state index contributed by atoms with van der Waals surface area (Å²) in [6.07, 6.45) is 0.691. The summed E-state index contributed by atoms with van der Waals surface area (Å²) in [7, 11) is -5.16. The number of nitrogens with one attached hydrogen (secondary N) is 3. The van der Waals surface area contributed by atoms with Gasteiger partial charge in [-0.1, -0.05) is 16.9 Å². The van der Waals surface area contributed by atoms with Gasteiger partial charge in [0.2, 0.25) is 11.0 Å². The number of aliphatic carboxylic acids is 1. The number of amides is 4. The highest BCUT2D eigenvalue weighted by molar-refractivity contribution is 8.15. The molecule has 236 valence electrons. The Morgan fingerprint density at radius 2 is 1.93 bits per heavy atom. The van der Waals surface area contributed by atoms with Crippen molar-refractivity contribution in [2.45, 2.75) is 48.8 Å². The van der Waals surface area contributed by atoms with Crippen LogP contribution in [0.1, 0.15) is 19.5 Å². The molecule has 1 saturated heterocycles. The van der Waals surface area contributed by atoms with Crippen molar-refractivity contribution in [1.29, 1.82) is 0 Å². The SMILES string of the molecule is CC(C)(O/N=C(\C(=O)N[C@@H]1C(=O)N(S(=O)(=O)O)[C@@H]1CNC(=O)NCc1cc(=O)c(O)cn1O)C1N=C(N)SC1Cl)C(=O)O. The molecule has 4 atom stereocenters. The van der Waals surface area contributed by atoms with E-state index in [0.29, 0.717) is 10.9 Å². The number of carbonyl (C=O) groups is 4. The average molecular weight is 669 g/mol. The quantitative estimate of drug-likeness (QED) is 0.0298. The van der Waals surface area contributed by atoms with E-state index in [1.54, 1.807) is 0 Å². The maximum atomic E-state index is 13.2. The van der Waals surface area contributed by atoms with Crippen LogP contribution in [0.25, 0.3) is 0 Å². The summed E-state index contributed by atoms with van der Waals surface area (Å²) in [5.74, 6) is -4.68. The highest BCUT2D eigenvalue weighted by atomic mass is 35.5. The van der Waals surface area contributed by atoms with Gasteiger partial charge in [-0.3, -0.25) is 23.9 Å². The van der Waals surface area contributed by atoms with E-state index in [1.165, 1.54) is 0 Å². The summed E-state index contributed by atoms with van der Waals surface area (Å²) < 4.78 is 32.5. The fourth-order valence-electron chi connectivity index (χ4n) is 3.52. The lowest BCUT2D eigenvalue weighted by Gasteiger charge is -2.44. The maximum absolute atomic E-state index is 13.2. The van der Waals surface area contributed by atoms with Crippen LogP contribution < -0.4 is 27.1 Å². The number of oxime groups is 1. The minimum atomic E-state index is -5.16. The predicted octanol–water partition coefficient (Wildman–Crippen LogP) is -2.68. The van der Waals surface area contributed by atoms with Crippen molar-refractivity contribution in [2.75, 3.05) is 6.54 Å². The van der Waals surface area contributed by atoms with E-state index in [0.717, 1.165) is 31.7 Å². The summed E-state index contributed by atoms with van der Waals surface area (Å²) in [4.78, 5) is 70.0. The van der Waals surface area contributed by atoms with Crippen molar-refractivity contribution in [3.8, 4) is 5.75 Å². The largest absolute Gasteiger partial charge is 0.503 e. The lowest BCUT2D eigenvalue weighted by molar-refractivity contribution is -0.161. The highest BCUT2D eigenvalue weighted by Crippen LogP contribution is 2.30. The number of rotatable bonds is 11. The van der Waals surface area contributed by atoms with Gasteiger partial charge in [0, 0.05) is 12.6 Å². The molecule has 0 aliphatic carbocycles. The Labute approximate surface area is 250 Å². The van der Waals surface area contributed by atoms with E-state index in [9.17, 15) is 52.4 Å². The molecule has 23 heteroatoms. The Morgan fingerprint density at radius 3 is 2.49 bits per heavy atom. The predicted molar refractivity (Wildman–Crippen MR) is 147 cm³/mol. The van der Waals surface area contributed by atoms with Crippen LogP contribution in [0, 0.1) is 0 Å². The molecule has 0 spiro atoms. The van der Waals surface area contributed by atoms with Gasteiger partial charge in [0.1, 0.15) is 16.8 Å². The smallest absolute Gasteiger partial charge is 0.362 e. The van der Waals surface area contributed by atoms with Gasteiger partial charge in [0.25, 0.3) is 11.8 Å². The molecule has 0 radical (unpaired) electrons. The number of β-lactam (4-membered cyclic amide) rings is 1. The van der Waals surface area contributed by atoms with Crippen LogP contribution >= 0.6 is 23.4 Å². The van der Waals surface area contributed by atoms with Gasteiger partial charge in [-0.05, 0) is 13.8 Å². The lowest BCUT2D eigenvalue weighted by atomic mass is 9.98. The number of halogens is 1. The molecule has 1 aromatic rings. The van der Waals surface area contributed by atoms with Crippen molar-refractivity contribution < 1.29 is 52.4 Å². The van der Waals surface area contributed by atoms with Gasteiger partial charge in [0.05, 0.1) is 24.5 Å². The van der Waals surface area contributed by atoms with Crippen molar-refractivity contribution in [2.24, 2.45) is 15.9 Å². The number of carbonyl (C=O) groups excluding carboxylic acids is 3. The van der Waals surface area contributed by atoms with Crippen LogP contribution in [0.3, 0.4) is 0 Å². The molecule has 3 heterocycles. The van der Waals surface area contributed by atoms with E-state index in [1.807, 2.05) is 0 Å². The fraction of sp³-hybridized carbons (Fsp3) is 0.450. The van der Waals surface area contributed by atoms with Gasteiger partial charge in [-0.2, -0.15) is 13.1 Å². The van der Waals surface area contributed by atoms with Gasteiger partial charge < -0.3 is 41.9 Å². The Morgan fingerprint density at radius 1 is 1.28 bits per heavy atom. The second kappa shape index (κ2) is 12.5. The number of carboxylic acid groups (broad SMARTS) is 1. The number of pyridine rings is 1. The van der Waals surface area contributed by atoms with Crippen LogP contribution in [-0.4, -0.2) is 107 Å². The summed E-state index contributed by atoms with van der Waals surface area (Å²) in [6, 6.07) is -4.69. The first-order valence-corrected chi connectivity index (χ1v) is 14.4. The van der Waals surface area contributed by atoms with Crippen molar-refractivity contribution in [1.82, 2.24) is 25.0 Å². The number of amidine groups is 1. The zero-order valence-electron chi connectivity index (χ0n) is 22.0. The second-order valence-corrected chi connectivity index (χ2v) is 12.5. The van der Waals surface area contributed by atoms with Crippen LogP contribution in [0.5, 0.6) is 5.75 Å². The number of carboxylic acids is 1.